The normalized spacial score (nSPS) is 18.1. The average molecular weight is 436 g/mol. The van der Waals surface area contributed by atoms with Crippen LogP contribution in [0.3, 0.4) is 0 Å². The van der Waals surface area contributed by atoms with Crippen LogP contribution in [0.25, 0.3) is 0 Å². The monoisotopic (exact) mass is 436 g/mol. The number of urea groups is 1. The van der Waals surface area contributed by atoms with Gasteiger partial charge in [0.25, 0.3) is 0 Å². The Hall–Kier alpha value is -2.92. The van der Waals surface area contributed by atoms with Crippen molar-refractivity contribution in [3.8, 4) is 0 Å². The fourth-order valence-corrected chi connectivity index (χ4v) is 3.24. The van der Waals surface area contributed by atoms with E-state index in [9.17, 15) is 35.9 Å². The fourth-order valence-electron chi connectivity index (χ4n) is 3.24. The Morgan fingerprint density at radius 3 is 2.27 bits per heavy atom. The largest absolute Gasteiger partial charge is 0.471 e. The van der Waals surface area contributed by atoms with Crippen molar-refractivity contribution in [3.05, 3.63) is 42.2 Å². The molecule has 0 unspecified atom stereocenters. The minimum atomic E-state index is -4.93. The Labute approximate surface area is 167 Å². The summed E-state index contributed by atoms with van der Waals surface area (Å²) in [4.78, 5) is 27.0. The number of hydrogen-bond donors (Lipinski definition) is 1. The highest BCUT2D eigenvalue weighted by atomic mass is 19.4. The maximum Gasteiger partial charge on any atom is 0.471 e. The number of piperidine rings is 1. The second-order valence-electron chi connectivity index (χ2n) is 6.94. The fraction of sp³-hybridized carbons (Fsp3) is 0.444. The van der Waals surface area contributed by atoms with E-state index in [0.717, 1.165) is 12.1 Å². The Morgan fingerprint density at radius 1 is 1.00 bits per heavy atom. The molecule has 2 aliphatic heterocycles. The molecule has 3 amide bonds. The Morgan fingerprint density at radius 2 is 1.67 bits per heavy atom. The van der Waals surface area contributed by atoms with Gasteiger partial charge in [0.1, 0.15) is 6.67 Å². The van der Waals surface area contributed by atoms with Crippen LogP contribution in [-0.2, 0) is 11.0 Å². The highest BCUT2D eigenvalue weighted by molar-refractivity contribution is 5.82. The van der Waals surface area contributed by atoms with Gasteiger partial charge in [-0.15, -0.1) is 0 Å². The molecule has 0 saturated carbocycles. The molecule has 2 heterocycles. The molecule has 30 heavy (non-hydrogen) atoms. The van der Waals surface area contributed by atoms with Crippen molar-refractivity contribution in [1.29, 1.82) is 0 Å². The van der Waals surface area contributed by atoms with E-state index in [2.05, 4.69) is 5.32 Å². The molecule has 164 valence electrons. The second-order valence-corrected chi connectivity index (χ2v) is 6.94. The van der Waals surface area contributed by atoms with Gasteiger partial charge in [-0.25, -0.2) is 4.79 Å². The SMILES string of the molecule is O=C(NC1CCN(C(=O)C(F)(F)F)CC1)N1C=CN(c2cccc(C(F)(F)F)c2)C1. The summed E-state index contributed by atoms with van der Waals surface area (Å²) in [5.41, 5.74) is -0.549. The number of amides is 3. The van der Waals surface area contributed by atoms with E-state index in [1.54, 1.807) is 0 Å². The van der Waals surface area contributed by atoms with Gasteiger partial charge in [-0.2, -0.15) is 26.3 Å². The molecule has 0 aromatic heterocycles. The first-order valence-corrected chi connectivity index (χ1v) is 9.00. The van der Waals surface area contributed by atoms with Crippen molar-refractivity contribution < 1.29 is 35.9 Å². The topological polar surface area (TPSA) is 55.9 Å². The molecule has 1 aromatic carbocycles. The molecule has 0 radical (unpaired) electrons. The van der Waals surface area contributed by atoms with Crippen LogP contribution in [0.2, 0.25) is 0 Å². The third-order valence-corrected chi connectivity index (χ3v) is 4.85. The van der Waals surface area contributed by atoms with E-state index in [1.807, 2.05) is 0 Å². The molecule has 0 bridgehead atoms. The van der Waals surface area contributed by atoms with Gasteiger partial charge in [0, 0.05) is 37.2 Å². The van der Waals surface area contributed by atoms with Crippen LogP contribution in [0, 0.1) is 0 Å². The van der Waals surface area contributed by atoms with Crippen LogP contribution in [0.4, 0.5) is 36.8 Å². The van der Waals surface area contributed by atoms with Crippen molar-refractivity contribution in [3.63, 3.8) is 0 Å². The summed E-state index contributed by atoms with van der Waals surface area (Å²) in [6.07, 6.45) is -6.22. The van der Waals surface area contributed by atoms with Gasteiger partial charge in [-0.1, -0.05) is 6.07 Å². The van der Waals surface area contributed by atoms with E-state index in [0.29, 0.717) is 4.90 Å². The third-order valence-electron chi connectivity index (χ3n) is 4.85. The summed E-state index contributed by atoms with van der Waals surface area (Å²) in [5.74, 6) is -1.90. The van der Waals surface area contributed by atoms with Crippen LogP contribution in [0.5, 0.6) is 0 Å². The van der Waals surface area contributed by atoms with Crippen molar-refractivity contribution in [2.24, 2.45) is 0 Å². The predicted octanol–water partition coefficient (Wildman–Crippen LogP) is 3.52. The van der Waals surface area contributed by atoms with Gasteiger partial charge >= 0.3 is 24.3 Å². The van der Waals surface area contributed by atoms with Crippen molar-refractivity contribution in [1.82, 2.24) is 15.1 Å². The van der Waals surface area contributed by atoms with Crippen LogP contribution in [0.1, 0.15) is 18.4 Å². The lowest BCUT2D eigenvalue weighted by Gasteiger charge is -2.33. The number of benzene rings is 1. The van der Waals surface area contributed by atoms with E-state index < -0.39 is 35.9 Å². The lowest BCUT2D eigenvalue weighted by molar-refractivity contribution is -0.186. The Kier molecular flexibility index (Phi) is 5.86. The van der Waals surface area contributed by atoms with Crippen molar-refractivity contribution in [2.45, 2.75) is 31.2 Å². The quantitative estimate of drug-likeness (QED) is 0.722. The van der Waals surface area contributed by atoms with Gasteiger partial charge in [-0.05, 0) is 31.0 Å². The number of nitrogens with zero attached hydrogens (tertiary/aromatic N) is 3. The summed E-state index contributed by atoms with van der Waals surface area (Å²) < 4.78 is 76.0. The van der Waals surface area contributed by atoms with E-state index in [-0.39, 0.29) is 38.3 Å². The molecule has 1 fully saturated rings. The number of rotatable bonds is 2. The number of halogens is 6. The first kappa shape index (κ1) is 21.8. The lowest BCUT2D eigenvalue weighted by atomic mass is 10.1. The predicted molar refractivity (Wildman–Crippen MR) is 94.0 cm³/mol. The van der Waals surface area contributed by atoms with Gasteiger partial charge in [0.05, 0.1) is 5.56 Å². The van der Waals surface area contributed by atoms with E-state index in [4.69, 9.17) is 0 Å². The standard InChI is InChI=1S/C18H18F6N4O2/c19-17(20,21)12-2-1-3-14(10-12)27-8-9-28(11-27)16(30)25-13-4-6-26(7-5-13)15(29)18(22,23)24/h1-3,8-10,13H,4-7,11H2,(H,25,30). The molecule has 0 spiro atoms. The number of alkyl halides is 6. The molecular weight excluding hydrogens is 418 g/mol. The molecular formula is C18H18F6N4O2. The van der Waals surface area contributed by atoms with Crippen LogP contribution >= 0.6 is 0 Å². The third kappa shape index (κ3) is 4.97. The summed E-state index contributed by atoms with van der Waals surface area (Å²) in [6.45, 7) is -0.274. The first-order chi connectivity index (χ1) is 13.9. The Bertz CT molecular complexity index is 831. The zero-order valence-electron chi connectivity index (χ0n) is 15.5. The highest BCUT2D eigenvalue weighted by Crippen LogP contribution is 2.32. The number of carbonyl (C=O) groups is 2. The van der Waals surface area contributed by atoms with Gasteiger partial charge in [0.15, 0.2) is 0 Å². The maximum atomic E-state index is 12.9. The minimum Gasteiger partial charge on any atom is -0.335 e. The number of anilines is 1. The van der Waals surface area contributed by atoms with Crippen LogP contribution in [-0.4, -0.2) is 53.7 Å². The zero-order chi connectivity index (χ0) is 22.1. The van der Waals surface area contributed by atoms with Gasteiger partial charge < -0.3 is 15.1 Å². The highest BCUT2D eigenvalue weighted by Gasteiger charge is 2.43. The van der Waals surface area contributed by atoms with Gasteiger partial charge in [-0.3, -0.25) is 9.69 Å². The van der Waals surface area contributed by atoms with E-state index in [1.165, 1.54) is 34.3 Å². The maximum absolute atomic E-state index is 12.9. The molecule has 0 aliphatic carbocycles. The summed E-state index contributed by atoms with van der Waals surface area (Å²) in [6, 6.07) is 3.73. The number of carbonyl (C=O) groups excluding carboxylic acids is 2. The average Bonchev–Trinajstić information content (AvgIpc) is 3.17. The second kappa shape index (κ2) is 8.07. The van der Waals surface area contributed by atoms with Crippen LogP contribution < -0.4 is 10.2 Å². The molecule has 1 N–H and O–H groups in total. The smallest absolute Gasteiger partial charge is 0.335 e. The molecule has 0 atom stereocenters. The van der Waals surface area contributed by atoms with Gasteiger partial charge in [0.2, 0.25) is 0 Å². The number of likely N-dealkylation sites (tertiary alicyclic amines) is 1. The number of nitrogens with one attached hydrogen (secondary N) is 1. The van der Waals surface area contributed by atoms with Crippen molar-refractivity contribution in [2.75, 3.05) is 24.7 Å². The zero-order valence-corrected chi connectivity index (χ0v) is 15.5. The summed E-state index contributed by atoms with van der Waals surface area (Å²) in [7, 11) is 0. The number of hydrogen-bond acceptors (Lipinski definition) is 3. The first-order valence-electron chi connectivity index (χ1n) is 9.00. The molecule has 12 heteroatoms. The van der Waals surface area contributed by atoms with Crippen LogP contribution in [0.15, 0.2) is 36.7 Å². The molecule has 2 aliphatic rings. The molecule has 1 saturated heterocycles. The molecule has 6 nitrogen and oxygen atoms in total. The lowest BCUT2D eigenvalue weighted by Crippen LogP contribution is -2.51. The summed E-state index contributed by atoms with van der Waals surface area (Å²) in [5, 5.41) is 2.68. The molecule has 3 rings (SSSR count). The Balaban J connectivity index is 1.52. The molecule has 1 aromatic rings. The summed E-state index contributed by atoms with van der Waals surface area (Å²) >= 11 is 0. The van der Waals surface area contributed by atoms with Crippen molar-refractivity contribution >= 4 is 17.6 Å². The van der Waals surface area contributed by atoms with E-state index >= 15 is 0 Å². The minimum absolute atomic E-state index is 0.0153.